The molecular weight excluding hydrogens is 393 g/mol. The maximum Gasteiger partial charge on any atom is 0.226 e. The predicted octanol–water partition coefficient (Wildman–Crippen LogP) is 5.03. The SMILES string of the molecule is CC/C(=C\F)COc1ccc(C23CCC(C(=O)NCc4ccnnc4)(CC2)CC3)cc1. The van der Waals surface area contributed by atoms with Gasteiger partial charge in [0.25, 0.3) is 0 Å². The van der Waals surface area contributed by atoms with Crippen LogP contribution in [0.3, 0.4) is 0 Å². The molecule has 164 valence electrons. The predicted molar refractivity (Wildman–Crippen MR) is 117 cm³/mol. The van der Waals surface area contributed by atoms with Crippen LogP contribution < -0.4 is 10.1 Å². The number of halogens is 1. The summed E-state index contributed by atoms with van der Waals surface area (Å²) < 4.78 is 18.4. The molecule has 31 heavy (non-hydrogen) atoms. The molecule has 0 aliphatic heterocycles. The van der Waals surface area contributed by atoms with Crippen LogP contribution in [-0.2, 0) is 16.8 Å². The zero-order valence-electron chi connectivity index (χ0n) is 18.1. The van der Waals surface area contributed by atoms with Crippen LogP contribution in [0, 0.1) is 5.41 Å². The molecule has 0 spiro atoms. The van der Waals surface area contributed by atoms with Crippen molar-refractivity contribution in [3.05, 3.63) is 65.8 Å². The molecule has 1 heterocycles. The number of amides is 1. The molecule has 1 amide bonds. The second-order valence-electron chi connectivity index (χ2n) is 8.93. The van der Waals surface area contributed by atoms with E-state index in [9.17, 15) is 9.18 Å². The van der Waals surface area contributed by atoms with Crippen LogP contribution in [0.5, 0.6) is 5.75 Å². The first-order chi connectivity index (χ1) is 15.1. The second kappa shape index (κ2) is 9.16. The van der Waals surface area contributed by atoms with Gasteiger partial charge in [-0.1, -0.05) is 19.1 Å². The molecule has 0 unspecified atom stereocenters. The van der Waals surface area contributed by atoms with E-state index in [4.69, 9.17) is 4.74 Å². The highest BCUT2D eigenvalue weighted by atomic mass is 19.1. The van der Waals surface area contributed by atoms with Crippen molar-refractivity contribution in [2.45, 2.75) is 63.8 Å². The summed E-state index contributed by atoms with van der Waals surface area (Å²) in [4.78, 5) is 13.0. The summed E-state index contributed by atoms with van der Waals surface area (Å²) in [7, 11) is 0. The standard InChI is InChI=1S/C25H30FN3O2/c1-2-19(15-26)18-31-22-5-3-21(4-6-22)24-8-11-25(12-9-24,13-10-24)23(30)27-16-20-7-14-28-29-17-20/h3-7,14-15,17H,2,8-13,16,18H2,1H3,(H,27,30)/b19-15+. The van der Waals surface area contributed by atoms with Crippen LogP contribution in [0.4, 0.5) is 4.39 Å². The van der Waals surface area contributed by atoms with Crippen LogP contribution in [0.15, 0.2) is 54.6 Å². The Balaban J connectivity index is 1.35. The van der Waals surface area contributed by atoms with Crippen LogP contribution in [0.2, 0.25) is 0 Å². The average Bonchev–Trinajstić information content (AvgIpc) is 2.85. The van der Waals surface area contributed by atoms with Gasteiger partial charge in [0.2, 0.25) is 5.91 Å². The smallest absolute Gasteiger partial charge is 0.226 e. The lowest BCUT2D eigenvalue weighted by molar-refractivity contribution is -0.138. The van der Waals surface area contributed by atoms with Crippen molar-refractivity contribution in [1.82, 2.24) is 15.5 Å². The molecule has 1 aromatic heterocycles. The summed E-state index contributed by atoms with van der Waals surface area (Å²) in [6.07, 6.45) is 10.5. The number of rotatable bonds is 8. The van der Waals surface area contributed by atoms with Gasteiger partial charge in [0, 0.05) is 18.2 Å². The van der Waals surface area contributed by atoms with Crippen molar-refractivity contribution in [3.63, 3.8) is 0 Å². The first-order valence-corrected chi connectivity index (χ1v) is 11.1. The quantitative estimate of drug-likeness (QED) is 0.647. The van der Waals surface area contributed by atoms with E-state index in [-0.39, 0.29) is 23.3 Å². The highest BCUT2D eigenvalue weighted by molar-refractivity contribution is 5.83. The lowest BCUT2D eigenvalue weighted by Gasteiger charge is -2.52. The number of carbonyl (C=O) groups is 1. The van der Waals surface area contributed by atoms with Gasteiger partial charge in [0.1, 0.15) is 12.4 Å². The number of nitrogens with zero attached hydrogens (tertiary/aromatic N) is 2. The summed E-state index contributed by atoms with van der Waals surface area (Å²) in [5.41, 5.74) is 2.87. The average molecular weight is 424 g/mol. The lowest BCUT2D eigenvalue weighted by atomic mass is 9.51. The molecule has 3 aliphatic carbocycles. The Labute approximate surface area is 183 Å². The number of nitrogens with one attached hydrogen (secondary N) is 1. The van der Waals surface area contributed by atoms with E-state index in [0.717, 1.165) is 49.8 Å². The fraction of sp³-hybridized carbons (Fsp3) is 0.480. The number of aromatic nitrogens is 2. The molecule has 3 saturated carbocycles. The summed E-state index contributed by atoms with van der Waals surface area (Å²) >= 11 is 0. The first-order valence-electron chi connectivity index (χ1n) is 11.1. The van der Waals surface area contributed by atoms with Crippen molar-refractivity contribution < 1.29 is 13.9 Å². The Morgan fingerprint density at radius 1 is 1.10 bits per heavy atom. The maximum absolute atomic E-state index is 13.0. The first kappa shape index (κ1) is 21.5. The van der Waals surface area contributed by atoms with Crippen molar-refractivity contribution in [3.8, 4) is 5.75 Å². The summed E-state index contributed by atoms with van der Waals surface area (Å²) in [5, 5.41) is 10.8. The molecule has 2 aromatic rings. The zero-order chi connectivity index (χ0) is 21.7. The van der Waals surface area contributed by atoms with E-state index in [0.29, 0.717) is 24.9 Å². The third-order valence-electron chi connectivity index (χ3n) is 7.33. The van der Waals surface area contributed by atoms with E-state index < -0.39 is 0 Å². The minimum Gasteiger partial charge on any atom is -0.489 e. The zero-order valence-corrected chi connectivity index (χ0v) is 18.1. The normalized spacial score (nSPS) is 25.3. The topological polar surface area (TPSA) is 64.1 Å². The molecular formula is C25H30FN3O2. The van der Waals surface area contributed by atoms with E-state index in [2.05, 4.69) is 27.6 Å². The van der Waals surface area contributed by atoms with E-state index in [1.165, 1.54) is 5.56 Å². The summed E-state index contributed by atoms with van der Waals surface area (Å²) in [6, 6.07) is 10.1. The van der Waals surface area contributed by atoms with Gasteiger partial charge in [-0.15, -0.1) is 0 Å². The summed E-state index contributed by atoms with van der Waals surface area (Å²) in [6.45, 7) is 2.70. The minimum atomic E-state index is -0.236. The largest absolute Gasteiger partial charge is 0.489 e. The molecule has 0 atom stereocenters. The Kier molecular flexibility index (Phi) is 6.35. The Hall–Kier alpha value is -2.76. The van der Waals surface area contributed by atoms with Gasteiger partial charge in [-0.3, -0.25) is 4.79 Å². The van der Waals surface area contributed by atoms with Gasteiger partial charge in [0.05, 0.1) is 12.5 Å². The number of benzene rings is 1. The minimum absolute atomic E-state index is 0.156. The molecule has 1 aromatic carbocycles. The summed E-state index contributed by atoms with van der Waals surface area (Å²) in [5.74, 6) is 0.938. The molecule has 2 bridgehead atoms. The third kappa shape index (κ3) is 4.48. The Bertz CT molecular complexity index is 903. The third-order valence-corrected chi connectivity index (χ3v) is 7.33. The van der Waals surface area contributed by atoms with Gasteiger partial charge in [0.15, 0.2) is 0 Å². The van der Waals surface area contributed by atoms with Gasteiger partial charge in [-0.2, -0.15) is 10.2 Å². The molecule has 3 aliphatic rings. The molecule has 5 nitrogen and oxygen atoms in total. The van der Waals surface area contributed by atoms with Crippen LogP contribution >= 0.6 is 0 Å². The van der Waals surface area contributed by atoms with Crippen molar-refractivity contribution in [2.24, 2.45) is 5.41 Å². The fourth-order valence-electron chi connectivity index (χ4n) is 5.04. The Morgan fingerprint density at radius 3 is 2.39 bits per heavy atom. The maximum atomic E-state index is 13.0. The van der Waals surface area contributed by atoms with Crippen LogP contribution in [0.1, 0.15) is 63.0 Å². The number of hydrogen-bond donors (Lipinski definition) is 1. The monoisotopic (exact) mass is 423 g/mol. The molecule has 6 heteroatoms. The van der Waals surface area contributed by atoms with Crippen molar-refractivity contribution >= 4 is 5.91 Å². The van der Waals surface area contributed by atoms with Crippen molar-refractivity contribution in [2.75, 3.05) is 6.61 Å². The fourth-order valence-corrected chi connectivity index (χ4v) is 5.04. The number of fused-ring (bicyclic) bond motifs is 3. The number of hydrogen-bond acceptors (Lipinski definition) is 4. The highest BCUT2D eigenvalue weighted by Gasteiger charge is 2.52. The van der Waals surface area contributed by atoms with Crippen LogP contribution in [-0.4, -0.2) is 22.7 Å². The van der Waals surface area contributed by atoms with E-state index in [1.807, 2.05) is 25.1 Å². The van der Waals surface area contributed by atoms with Crippen molar-refractivity contribution in [1.29, 1.82) is 0 Å². The van der Waals surface area contributed by atoms with Gasteiger partial charge >= 0.3 is 0 Å². The van der Waals surface area contributed by atoms with Gasteiger partial charge in [-0.05, 0) is 85.3 Å². The lowest BCUT2D eigenvalue weighted by Crippen LogP contribution is -2.51. The van der Waals surface area contributed by atoms with Gasteiger partial charge < -0.3 is 10.1 Å². The molecule has 0 radical (unpaired) electrons. The molecule has 1 N–H and O–H groups in total. The molecule has 0 saturated heterocycles. The van der Waals surface area contributed by atoms with E-state index in [1.54, 1.807) is 12.4 Å². The van der Waals surface area contributed by atoms with Gasteiger partial charge in [-0.25, -0.2) is 4.39 Å². The number of carbonyl (C=O) groups excluding carboxylic acids is 1. The van der Waals surface area contributed by atoms with Crippen LogP contribution in [0.25, 0.3) is 0 Å². The number of ether oxygens (including phenoxy) is 1. The highest BCUT2D eigenvalue weighted by Crippen LogP contribution is 2.57. The Morgan fingerprint density at radius 2 is 1.81 bits per heavy atom. The molecule has 5 rings (SSSR count). The van der Waals surface area contributed by atoms with E-state index >= 15 is 0 Å². The molecule has 3 fully saturated rings. The second-order valence-corrected chi connectivity index (χ2v) is 8.93.